The monoisotopic (exact) mass is 335 g/mol. The van der Waals surface area contributed by atoms with E-state index in [4.69, 9.17) is 9.52 Å². The van der Waals surface area contributed by atoms with Crippen LogP contribution in [0.2, 0.25) is 0 Å². The molecule has 100 valence electrons. The SMILES string of the molecule is O=C(O)c1coc(-c2cc(C(F)(F)F)ccc2Br)n1. The molecule has 1 aromatic carbocycles. The molecule has 8 heteroatoms. The first-order valence-corrected chi connectivity index (χ1v) is 5.64. The van der Waals surface area contributed by atoms with Crippen LogP contribution in [-0.4, -0.2) is 16.1 Å². The standard InChI is InChI=1S/C11H5BrF3NO3/c12-7-2-1-5(11(13,14)15)3-6(7)9-16-8(4-19-9)10(17)18/h1-4H,(H,17,18). The zero-order valence-electron chi connectivity index (χ0n) is 9.03. The van der Waals surface area contributed by atoms with Crippen molar-refractivity contribution in [3.05, 3.63) is 40.2 Å². The summed E-state index contributed by atoms with van der Waals surface area (Å²) < 4.78 is 43.0. The van der Waals surface area contributed by atoms with Crippen LogP contribution >= 0.6 is 15.9 Å². The molecular weight excluding hydrogens is 331 g/mol. The summed E-state index contributed by atoms with van der Waals surface area (Å²) in [5, 5.41) is 8.68. The van der Waals surface area contributed by atoms with Gasteiger partial charge in [0.25, 0.3) is 0 Å². The number of nitrogens with zero attached hydrogens (tertiary/aromatic N) is 1. The normalized spacial score (nSPS) is 11.6. The van der Waals surface area contributed by atoms with Crippen molar-refractivity contribution in [3.63, 3.8) is 0 Å². The van der Waals surface area contributed by atoms with Crippen LogP contribution in [0.5, 0.6) is 0 Å². The third-order valence-electron chi connectivity index (χ3n) is 2.25. The number of carbonyl (C=O) groups is 1. The Labute approximate surface area is 113 Å². The molecule has 2 aromatic rings. The second-order valence-corrected chi connectivity index (χ2v) is 4.39. The first-order valence-electron chi connectivity index (χ1n) is 4.85. The van der Waals surface area contributed by atoms with E-state index < -0.39 is 17.7 Å². The van der Waals surface area contributed by atoms with Crippen LogP contribution in [-0.2, 0) is 6.18 Å². The quantitative estimate of drug-likeness (QED) is 0.906. The van der Waals surface area contributed by atoms with Gasteiger partial charge in [0.1, 0.15) is 6.26 Å². The van der Waals surface area contributed by atoms with E-state index in [-0.39, 0.29) is 17.1 Å². The molecule has 0 bridgehead atoms. The molecule has 0 radical (unpaired) electrons. The Morgan fingerprint density at radius 1 is 1.37 bits per heavy atom. The van der Waals surface area contributed by atoms with Crippen LogP contribution < -0.4 is 0 Å². The zero-order valence-corrected chi connectivity index (χ0v) is 10.6. The summed E-state index contributed by atoms with van der Waals surface area (Å²) in [5.41, 5.74) is -1.22. The van der Waals surface area contributed by atoms with Gasteiger partial charge in [0.2, 0.25) is 5.89 Å². The van der Waals surface area contributed by atoms with Gasteiger partial charge in [0, 0.05) is 4.47 Å². The number of carboxylic acids is 1. The molecule has 0 spiro atoms. The van der Waals surface area contributed by atoms with Gasteiger partial charge in [-0.1, -0.05) is 0 Å². The Balaban J connectivity index is 2.51. The highest BCUT2D eigenvalue weighted by Gasteiger charge is 2.31. The van der Waals surface area contributed by atoms with Crippen LogP contribution in [0.25, 0.3) is 11.5 Å². The molecule has 1 aromatic heterocycles. The molecule has 1 N–H and O–H groups in total. The summed E-state index contributed by atoms with van der Waals surface area (Å²) >= 11 is 3.07. The Bertz CT molecular complexity index is 636. The fourth-order valence-corrected chi connectivity index (χ4v) is 1.78. The number of hydrogen-bond acceptors (Lipinski definition) is 3. The molecule has 0 amide bonds. The van der Waals surface area contributed by atoms with Crippen LogP contribution in [0, 0.1) is 0 Å². The first kappa shape index (κ1) is 13.6. The van der Waals surface area contributed by atoms with Crippen molar-refractivity contribution in [1.29, 1.82) is 0 Å². The van der Waals surface area contributed by atoms with Crippen LogP contribution in [0.1, 0.15) is 16.1 Å². The molecule has 1 heterocycles. The summed E-state index contributed by atoms with van der Waals surface area (Å²) in [5.74, 6) is -1.52. The Morgan fingerprint density at radius 2 is 2.05 bits per heavy atom. The van der Waals surface area contributed by atoms with Gasteiger partial charge in [-0.15, -0.1) is 0 Å². The van der Waals surface area contributed by atoms with Crippen LogP contribution in [0.3, 0.4) is 0 Å². The number of carboxylic acid groups (broad SMARTS) is 1. The summed E-state index contributed by atoms with van der Waals surface area (Å²) in [7, 11) is 0. The number of oxazole rings is 1. The molecule has 0 saturated heterocycles. The van der Waals surface area contributed by atoms with Gasteiger partial charge >= 0.3 is 12.1 Å². The molecular formula is C11H5BrF3NO3. The van der Waals surface area contributed by atoms with Gasteiger partial charge in [0.05, 0.1) is 11.1 Å². The zero-order chi connectivity index (χ0) is 14.2. The van der Waals surface area contributed by atoms with E-state index in [2.05, 4.69) is 20.9 Å². The predicted molar refractivity (Wildman–Crippen MR) is 61.6 cm³/mol. The number of benzene rings is 1. The van der Waals surface area contributed by atoms with E-state index >= 15 is 0 Å². The maximum atomic E-state index is 12.6. The maximum Gasteiger partial charge on any atom is 0.416 e. The smallest absolute Gasteiger partial charge is 0.416 e. The number of rotatable bonds is 2. The van der Waals surface area contributed by atoms with Gasteiger partial charge in [-0.2, -0.15) is 13.2 Å². The minimum atomic E-state index is -4.50. The highest BCUT2D eigenvalue weighted by atomic mass is 79.9. The fraction of sp³-hybridized carbons (Fsp3) is 0.0909. The lowest BCUT2D eigenvalue weighted by molar-refractivity contribution is -0.137. The average Bonchev–Trinajstić information content (AvgIpc) is 2.77. The minimum absolute atomic E-state index is 0.0299. The van der Waals surface area contributed by atoms with E-state index in [1.54, 1.807) is 0 Å². The summed E-state index contributed by atoms with van der Waals surface area (Å²) in [6, 6.07) is 2.93. The topological polar surface area (TPSA) is 63.3 Å². The summed E-state index contributed by atoms with van der Waals surface area (Å²) in [6.45, 7) is 0. The molecule has 0 atom stereocenters. The number of hydrogen-bond donors (Lipinski definition) is 1. The number of halogens is 4. The van der Waals surface area contributed by atoms with Crippen molar-refractivity contribution < 1.29 is 27.5 Å². The van der Waals surface area contributed by atoms with Crippen molar-refractivity contribution in [1.82, 2.24) is 4.98 Å². The lowest BCUT2D eigenvalue weighted by Crippen LogP contribution is -2.05. The van der Waals surface area contributed by atoms with E-state index in [0.717, 1.165) is 18.4 Å². The van der Waals surface area contributed by atoms with Crippen molar-refractivity contribution >= 4 is 21.9 Å². The van der Waals surface area contributed by atoms with Crippen molar-refractivity contribution in [3.8, 4) is 11.5 Å². The average molecular weight is 336 g/mol. The lowest BCUT2D eigenvalue weighted by atomic mass is 10.1. The van der Waals surface area contributed by atoms with E-state index in [9.17, 15) is 18.0 Å². The molecule has 0 saturated carbocycles. The molecule has 0 aliphatic rings. The van der Waals surface area contributed by atoms with Crippen molar-refractivity contribution in [2.45, 2.75) is 6.18 Å². The van der Waals surface area contributed by atoms with Gasteiger partial charge in [-0.05, 0) is 34.1 Å². The van der Waals surface area contributed by atoms with Gasteiger partial charge in [-0.25, -0.2) is 9.78 Å². The first-order chi connectivity index (χ1) is 8.79. The minimum Gasteiger partial charge on any atom is -0.476 e. The number of alkyl halides is 3. The third kappa shape index (κ3) is 2.78. The Kier molecular flexibility index (Phi) is 3.36. The molecule has 19 heavy (non-hydrogen) atoms. The molecule has 0 aliphatic heterocycles. The Hall–Kier alpha value is -1.83. The second-order valence-electron chi connectivity index (χ2n) is 3.54. The summed E-state index contributed by atoms with van der Waals surface area (Å²) in [6.07, 6.45) is -3.64. The number of aromatic nitrogens is 1. The van der Waals surface area contributed by atoms with Gasteiger partial charge in [-0.3, -0.25) is 0 Å². The number of aromatic carboxylic acids is 1. The predicted octanol–water partition coefficient (Wildman–Crippen LogP) is 3.82. The largest absolute Gasteiger partial charge is 0.476 e. The highest BCUT2D eigenvalue weighted by molar-refractivity contribution is 9.10. The molecule has 0 unspecified atom stereocenters. The highest BCUT2D eigenvalue weighted by Crippen LogP contribution is 2.35. The van der Waals surface area contributed by atoms with Crippen molar-refractivity contribution in [2.24, 2.45) is 0 Å². The van der Waals surface area contributed by atoms with E-state index in [1.807, 2.05) is 0 Å². The Morgan fingerprint density at radius 3 is 2.58 bits per heavy atom. The second kappa shape index (κ2) is 4.69. The molecule has 2 rings (SSSR count). The van der Waals surface area contributed by atoms with Crippen LogP contribution in [0.4, 0.5) is 13.2 Å². The van der Waals surface area contributed by atoms with Crippen molar-refractivity contribution in [2.75, 3.05) is 0 Å². The van der Waals surface area contributed by atoms with Gasteiger partial charge in [0.15, 0.2) is 5.69 Å². The van der Waals surface area contributed by atoms with Crippen LogP contribution in [0.15, 0.2) is 33.4 Å². The fourth-order valence-electron chi connectivity index (χ4n) is 1.36. The molecule has 0 fully saturated rings. The van der Waals surface area contributed by atoms with E-state index in [0.29, 0.717) is 4.47 Å². The third-order valence-corrected chi connectivity index (χ3v) is 2.94. The molecule has 4 nitrogen and oxygen atoms in total. The van der Waals surface area contributed by atoms with Gasteiger partial charge < -0.3 is 9.52 Å². The maximum absolute atomic E-state index is 12.6. The summed E-state index contributed by atoms with van der Waals surface area (Å²) in [4.78, 5) is 14.2. The van der Waals surface area contributed by atoms with E-state index in [1.165, 1.54) is 6.07 Å². The molecule has 0 aliphatic carbocycles. The lowest BCUT2D eigenvalue weighted by Gasteiger charge is -2.08.